The van der Waals surface area contributed by atoms with Crippen LogP contribution in [0.5, 0.6) is 0 Å². The lowest BCUT2D eigenvalue weighted by molar-refractivity contribution is -0.200. The molecule has 0 unspecified atom stereocenters. The number of carbonyl (C=O) groups excluding carboxylic acids is 4. The van der Waals surface area contributed by atoms with Crippen LogP contribution in [0.15, 0.2) is 0 Å². The minimum atomic E-state index is -0.733. The molecular formula is C14H20N2O5S. The molecule has 0 aromatic carbocycles. The van der Waals surface area contributed by atoms with Crippen molar-refractivity contribution < 1.29 is 24.0 Å². The van der Waals surface area contributed by atoms with E-state index in [4.69, 9.17) is 4.84 Å². The molecule has 3 amide bonds. The Morgan fingerprint density at radius 1 is 1.18 bits per heavy atom. The van der Waals surface area contributed by atoms with Gasteiger partial charge in [-0.1, -0.05) is 32.5 Å². The maximum atomic E-state index is 12.3. The Balaban J connectivity index is 2.00. The van der Waals surface area contributed by atoms with E-state index in [0.29, 0.717) is 24.4 Å². The number of nitrogens with zero attached hydrogens (tertiary/aromatic N) is 2. The number of amides is 3. The zero-order chi connectivity index (χ0) is 16.5. The van der Waals surface area contributed by atoms with E-state index >= 15 is 0 Å². The Kier molecular flexibility index (Phi) is 4.79. The van der Waals surface area contributed by atoms with Gasteiger partial charge in [0.25, 0.3) is 17.1 Å². The summed E-state index contributed by atoms with van der Waals surface area (Å²) in [6, 6.07) is -0.733. The third kappa shape index (κ3) is 3.79. The number of carbonyl (C=O) groups is 4. The molecule has 2 rings (SSSR count). The number of hydrogen-bond donors (Lipinski definition) is 0. The monoisotopic (exact) mass is 328 g/mol. The summed E-state index contributed by atoms with van der Waals surface area (Å²) in [4.78, 5) is 53.8. The SMILES string of the molecule is CC(C)(C)SC(=O)N1CCC[C@H]1C(=O)ON1C(=O)CCC1=O. The zero-order valence-corrected chi connectivity index (χ0v) is 13.8. The summed E-state index contributed by atoms with van der Waals surface area (Å²) in [5.74, 6) is -1.75. The Hall–Kier alpha value is -1.57. The molecule has 2 heterocycles. The first-order chi connectivity index (χ1) is 10.2. The number of hydrogen-bond acceptors (Lipinski definition) is 6. The van der Waals surface area contributed by atoms with Gasteiger partial charge in [0, 0.05) is 24.1 Å². The lowest BCUT2D eigenvalue weighted by Crippen LogP contribution is -2.44. The maximum Gasteiger partial charge on any atom is 0.355 e. The van der Waals surface area contributed by atoms with Gasteiger partial charge in [-0.25, -0.2) is 4.79 Å². The number of rotatable bonds is 2. The van der Waals surface area contributed by atoms with E-state index in [2.05, 4.69) is 0 Å². The standard InChI is InChI=1S/C14H20N2O5S/c1-14(2,3)22-13(20)15-8-4-5-9(15)12(19)21-16-10(17)6-7-11(16)18/h9H,4-8H2,1-3H3/t9-/m0/s1. The van der Waals surface area contributed by atoms with Gasteiger partial charge >= 0.3 is 5.97 Å². The second-order valence-corrected chi connectivity index (χ2v) is 8.10. The summed E-state index contributed by atoms with van der Waals surface area (Å²) < 4.78 is -0.255. The number of likely N-dealkylation sites (tertiary alicyclic amines) is 1. The van der Waals surface area contributed by atoms with E-state index < -0.39 is 23.8 Å². The molecule has 2 saturated heterocycles. The lowest BCUT2D eigenvalue weighted by atomic mass is 10.2. The third-order valence-electron chi connectivity index (χ3n) is 3.34. The van der Waals surface area contributed by atoms with Crippen LogP contribution in [0.25, 0.3) is 0 Å². The molecule has 0 radical (unpaired) electrons. The van der Waals surface area contributed by atoms with Crippen LogP contribution in [0.2, 0.25) is 0 Å². The molecule has 2 fully saturated rings. The highest BCUT2D eigenvalue weighted by atomic mass is 32.2. The van der Waals surface area contributed by atoms with Crippen molar-refractivity contribution in [3.63, 3.8) is 0 Å². The molecule has 122 valence electrons. The molecule has 0 spiro atoms. The molecule has 2 aliphatic rings. The van der Waals surface area contributed by atoms with Crippen LogP contribution in [0.4, 0.5) is 4.79 Å². The van der Waals surface area contributed by atoms with Crippen LogP contribution in [0, 0.1) is 0 Å². The Morgan fingerprint density at radius 3 is 2.32 bits per heavy atom. The summed E-state index contributed by atoms with van der Waals surface area (Å²) in [6.07, 6.45) is 1.28. The lowest BCUT2D eigenvalue weighted by Gasteiger charge is -2.26. The van der Waals surface area contributed by atoms with Gasteiger partial charge in [-0.15, -0.1) is 5.06 Å². The van der Waals surface area contributed by atoms with Gasteiger partial charge in [0.1, 0.15) is 6.04 Å². The van der Waals surface area contributed by atoms with Gasteiger partial charge in [-0.05, 0) is 12.8 Å². The summed E-state index contributed by atoms with van der Waals surface area (Å²) in [5.41, 5.74) is 0. The second kappa shape index (κ2) is 6.28. The van der Waals surface area contributed by atoms with Gasteiger partial charge in [0.15, 0.2) is 0 Å². The van der Waals surface area contributed by atoms with Crippen LogP contribution in [0.1, 0.15) is 46.5 Å². The van der Waals surface area contributed by atoms with E-state index in [0.717, 1.165) is 11.8 Å². The minimum absolute atomic E-state index is 0.0549. The smallest absolute Gasteiger partial charge is 0.328 e. The first kappa shape index (κ1) is 16.8. The zero-order valence-electron chi connectivity index (χ0n) is 13.0. The predicted molar refractivity (Wildman–Crippen MR) is 79.6 cm³/mol. The third-order valence-corrected chi connectivity index (χ3v) is 4.36. The van der Waals surface area contributed by atoms with Gasteiger partial charge in [-0.3, -0.25) is 14.4 Å². The summed E-state index contributed by atoms with van der Waals surface area (Å²) in [5, 5.41) is 0.339. The van der Waals surface area contributed by atoms with E-state index in [1.807, 2.05) is 20.8 Å². The van der Waals surface area contributed by atoms with Crippen LogP contribution in [-0.4, -0.2) is 50.3 Å². The molecule has 0 bridgehead atoms. The van der Waals surface area contributed by atoms with Crippen molar-refractivity contribution in [3.8, 4) is 0 Å². The van der Waals surface area contributed by atoms with Crippen molar-refractivity contribution in [2.24, 2.45) is 0 Å². The second-order valence-electron chi connectivity index (χ2n) is 6.32. The summed E-state index contributed by atoms with van der Waals surface area (Å²) in [7, 11) is 0. The predicted octanol–water partition coefficient (Wildman–Crippen LogP) is 1.71. The quantitative estimate of drug-likeness (QED) is 0.718. The van der Waals surface area contributed by atoms with E-state index in [1.54, 1.807) is 0 Å². The molecule has 0 aromatic heterocycles. The molecule has 0 saturated carbocycles. The fourth-order valence-corrected chi connectivity index (χ4v) is 3.22. The van der Waals surface area contributed by atoms with Crippen LogP contribution >= 0.6 is 11.8 Å². The van der Waals surface area contributed by atoms with Crippen molar-refractivity contribution in [3.05, 3.63) is 0 Å². The number of hydroxylamine groups is 2. The molecule has 22 heavy (non-hydrogen) atoms. The molecule has 0 N–H and O–H groups in total. The molecule has 7 nitrogen and oxygen atoms in total. The van der Waals surface area contributed by atoms with E-state index in [9.17, 15) is 19.2 Å². The average molecular weight is 328 g/mol. The maximum absolute atomic E-state index is 12.3. The summed E-state index contributed by atoms with van der Waals surface area (Å²) in [6.45, 7) is 6.23. The van der Waals surface area contributed by atoms with Crippen molar-refractivity contribution in [2.45, 2.75) is 57.2 Å². The highest BCUT2D eigenvalue weighted by molar-refractivity contribution is 8.14. The molecule has 0 aromatic rings. The van der Waals surface area contributed by atoms with Gasteiger partial charge < -0.3 is 9.74 Å². The minimum Gasteiger partial charge on any atom is -0.328 e. The molecule has 2 aliphatic heterocycles. The Morgan fingerprint density at radius 2 is 1.77 bits per heavy atom. The topological polar surface area (TPSA) is 84.0 Å². The van der Waals surface area contributed by atoms with Crippen molar-refractivity contribution in [2.75, 3.05) is 6.54 Å². The van der Waals surface area contributed by atoms with E-state index in [1.165, 1.54) is 4.90 Å². The number of imide groups is 1. The first-order valence-corrected chi connectivity index (χ1v) is 8.08. The van der Waals surface area contributed by atoms with Crippen molar-refractivity contribution in [1.82, 2.24) is 9.96 Å². The normalized spacial score (nSPS) is 22.4. The highest BCUT2D eigenvalue weighted by Crippen LogP contribution is 2.30. The van der Waals surface area contributed by atoms with Gasteiger partial charge in [-0.2, -0.15) is 0 Å². The van der Waals surface area contributed by atoms with Crippen molar-refractivity contribution in [1.29, 1.82) is 0 Å². The molecule has 1 atom stereocenters. The number of thioether (sulfide) groups is 1. The Bertz CT molecular complexity index is 498. The van der Waals surface area contributed by atoms with Gasteiger partial charge in [0.2, 0.25) is 0 Å². The fraction of sp³-hybridized carbons (Fsp3) is 0.714. The average Bonchev–Trinajstić information content (AvgIpc) is 2.98. The van der Waals surface area contributed by atoms with Gasteiger partial charge in [0.05, 0.1) is 0 Å². The fourth-order valence-electron chi connectivity index (χ4n) is 2.36. The molecule has 8 heteroatoms. The van der Waals surface area contributed by atoms with E-state index in [-0.39, 0.29) is 22.8 Å². The van der Waals surface area contributed by atoms with Crippen LogP contribution < -0.4 is 0 Å². The van der Waals surface area contributed by atoms with Crippen LogP contribution in [-0.2, 0) is 19.2 Å². The van der Waals surface area contributed by atoms with Crippen LogP contribution in [0.3, 0.4) is 0 Å². The summed E-state index contributed by atoms with van der Waals surface area (Å²) >= 11 is 1.15. The van der Waals surface area contributed by atoms with Crippen molar-refractivity contribution >= 4 is 34.8 Å². The Labute approximate surface area is 133 Å². The first-order valence-electron chi connectivity index (χ1n) is 7.26. The molecule has 0 aliphatic carbocycles. The molecular weight excluding hydrogens is 308 g/mol. The highest BCUT2D eigenvalue weighted by Gasteiger charge is 2.40. The largest absolute Gasteiger partial charge is 0.355 e.